The Hall–Kier alpha value is -3.47. The predicted molar refractivity (Wildman–Crippen MR) is 142 cm³/mol. The fourth-order valence-corrected chi connectivity index (χ4v) is 4.84. The number of hydrogen-bond donors (Lipinski definition) is 7. The average Bonchev–Trinajstić information content (AvgIpc) is 2.97. The van der Waals surface area contributed by atoms with E-state index >= 15 is 0 Å². The molecule has 3 aromatic rings. The molecule has 5 rings (SSSR count). The number of fused-ring (bicyclic) bond motifs is 1. The van der Waals surface area contributed by atoms with Crippen LogP contribution in [0.3, 0.4) is 0 Å². The first kappa shape index (κ1) is 30.0. The predicted octanol–water partition coefficient (Wildman–Crippen LogP) is -0.413. The smallest absolute Gasteiger partial charge is 0.239 e. The second-order valence-electron chi connectivity index (χ2n) is 10.2. The molecule has 42 heavy (non-hydrogen) atoms. The molecule has 2 saturated heterocycles. The summed E-state index contributed by atoms with van der Waals surface area (Å²) in [6.45, 7) is 2.92. The fourth-order valence-electron chi connectivity index (χ4n) is 4.84. The van der Waals surface area contributed by atoms with Crippen LogP contribution in [0.4, 0.5) is 0 Å². The van der Waals surface area contributed by atoms with Gasteiger partial charge < -0.3 is 63.8 Å². The maximum Gasteiger partial charge on any atom is 0.239 e. The summed E-state index contributed by atoms with van der Waals surface area (Å²) >= 11 is 0. The second kappa shape index (κ2) is 11.7. The Morgan fingerprint density at radius 1 is 0.714 bits per heavy atom. The van der Waals surface area contributed by atoms with E-state index in [1.807, 2.05) is 0 Å². The molecule has 14 nitrogen and oxygen atoms in total. The molecule has 0 spiro atoms. The van der Waals surface area contributed by atoms with Gasteiger partial charge in [-0.2, -0.15) is 0 Å². The molecule has 0 amide bonds. The molecule has 0 bridgehead atoms. The first-order valence-electron chi connectivity index (χ1n) is 13.1. The van der Waals surface area contributed by atoms with E-state index in [1.54, 1.807) is 24.3 Å². The molecular formula is C28H32O14. The van der Waals surface area contributed by atoms with Gasteiger partial charge in [0.25, 0.3) is 0 Å². The molecule has 0 saturated carbocycles. The molecule has 0 unspecified atom stereocenters. The van der Waals surface area contributed by atoms with Crippen molar-refractivity contribution in [1.29, 1.82) is 0 Å². The highest BCUT2D eigenvalue weighted by Crippen LogP contribution is 2.38. The first-order chi connectivity index (χ1) is 19.9. The summed E-state index contributed by atoms with van der Waals surface area (Å²) in [7, 11) is 1.47. The Morgan fingerprint density at radius 2 is 1.26 bits per heavy atom. The highest BCUT2D eigenvalue weighted by atomic mass is 16.7. The van der Waals surface area contributed by atoms with Crippen LogP contribution in [0.15, 0.2) is 45.6 Å². The van der Waals surface area contributed by atoms with Crippen molar-refractivity contribution in [3.05, 3.63) is 46.6 Å². The zero-order valence-electron chi connectivity index (χ0n) is 22.7. The highest BCUT2D eigenvalue weighted by Gasteiger charge is 2.45. The van der Waals surface area contributed by atoms with E-state index in [0.29, 0.717) is 11.3 Å². The lowest BCUT2D eigenvalue weighted by Gasteiger charge is -2.39. The lowest BCUT2D eigenvalue weighted by molar-refractivity contribution is -0.268. The largest absolute Gasteiger partial charge is 0.507 e. The molecule has 10 atom stereocenters. The van der Waals surface area contributed by atoms with Gasteiger partial charge in [0, 0.05) is 17.7 Å². The quantitative estimate of drug-likeness (QED) is 0.194. The summed E-state index contributed by atoms with van der Waals surface area (Å²) in [5, 5.41) is 71.7. The summed E-state index contributed by atoms with van der Waals surface area (Å²) in [5.74, 6) is -0.808. The standard InChI is InChI=1S/C28H32O14/c1-10-18(30)21(33)23(35)27(38-10)40-14-8-15(29)17-16(9-14)41-25(12-4-6-13(37-3)7-5-12)26(20(17)32)42-28-24(36)22(34)19(31)11(2)39-28/h4-11,18-19,21-24,27-31,33-36H,1-3H3/t10-,11-,18-,19-,21+,22+,23+,24+,27-,28-/m0/s1. The number of ether oxygens (including phenoxy) is 5. The minimum atomic E-state index is -1.74. The van der Waals surface area contributed by atoms with Crippen LogP contribution in [0.5, 0.6) is 23.0 Å². The van der Waals surface area contributed by atoms with Crippen LogP contribution in [-0.4, -0.2) is 104 Å². The molecule has 2 aliphatic rings. The molecule has 7 N–H and O–H groups in total. The third kappa shape index (κ3) is 5.39. The van der Waals surface area contributed by atoms with Gasteiger partial charge in [-0.15, -0.1) is 0 Å². The van der Waals surface area contributed by atoms with E-state index in [2.05, 4.69) is 0 Å². The van der Waals surface area contributed by atoms with Gasteiger partial charge >= 0.3 is 0 Å². The van der Waals surface area contributed by atoms with Crippen LogP contribution in [0, 0.1) is 0 Å². The summed E-state index contributed by atoms with van der Waals surface area (Å²) in [6, 6.07) is 8.63. The number of methoxy groups -OCH3 is 1. The maximum atomic E-state index is 13.8. The maximum absolute atomic E-state index is 13.8. The molecule has 14 heteroatoms. The van der Waals surface area contributed by atoms with Crippen molar-refractivity contribution >= 4 is 11.0 Å². The minimum Gasteiger partial charge on any atom is -0.507 e. The Morgan fingerprint density at radius 3 is 1.81 bits per heavy atom. The molecule has 0 radical (unpaired) electrons. The Balaban J connectivity index is 1.59. The second-order valence-corrected chi connectivity index (χ2v) is 10.2. The van der Waals surface area contributed by atoms with Gasteiger partial charge in [0.05, 0.1) is 19.3 Å². The summed E-state index contributed by atoms with van der Waals surface area (Å²) in [4.78, 5) is 13.8. The van der Waals surface area contributed by atoms with Crippen molar-refractivity contribution in [3.8, 4) is 34.3 Å². The van der Waals surface area contributed by atoms with Crippen molar-refractivity contribution in [3.63, 3.8) is 0 Å². The number of phenolic OH excluding ortho intramolecular Hbond substituents is 1. The highest BCUT2D eigenvalue weighted by molar-refractivity contribution is 5.88. The van der Waals surface area contributed by atoms with Crippen molar-refractivity contribution in [2.24, 2.45) is 0 Å². The van der Waals surface area contributed by atoms with Crippen LogP contribution in [0.1, 0.15) is 13.8 Å². The van der Waals surface area contributed by atoms with E-state index in [1.165, 1.54) is 27.0 Å². The molecule has 3 heterocycles. The Labute approximate surface area is 238 Å². The monoisotopic (exact) mass is 592 g/mol. The number of aliphatic hydroxyl groups excluding tert-OH is 6. The number of aromatic hydroxyl groups is 1. The summed E-state index contributed by atoms with van der Waals surface area (Å²) in [6.07, 6.45) is -14.2. The molecule has 2 aromatic carbocycles. The van der Waals surface area contributed by atoms with Crippen LogP contribution in [0.2, 0.25) is 0 Å². The molecule has 0 aliphatic carbocycles. The van der Waals surface area contributed by atoms with Crippen LogP contribution >= 0.6 is 0 Å². The molecule has 228 valence electrons. The zero-order valence-corrected chi connectivity index (χ0v) is 22.7. The van der Waals surface area contributed by atoms with Crippen LogP contribution < -0.4 is 19.6 Å². The lowest BCUT2D eigenvalue weighted by Crippen LogP contribution is -2.58. The van der Waals surface area contributed by atoms with Gasteiger partial charge in [-0.25, -0.2) is 0 Å². The third-order valence-corrected chi connectivity index (χ3v) is 7.36. The molecule has 2 fully saturated rings. The first-order valence-corrected chi connectivity index (χ1v) is 13.1. The zero-order chi connectivity index (χ0) is 30.5. The van der Waals surface area contributed by atoms with Gasteiger partial charge in [0.15, 0.2) is 5.76 Å². The fraction of sp³-hybridized carbons (Fsp3) is 0.464. The molecule has 2 aliphatic heterocycles. The summed E-state index contributed by atoms with van der Waals surface area (Å²) < 4.78 is 33.6. The SMILES string of the molecule is COc1ccc(-c2oc3cc(O[C@@H]4O[C@@H](C)[C@H](O)[C@@H](O)[C@H]4O)cc(O)c3c(=O)c2O[C@@H]2O[C@@H](C)[C@H](O)[C@@H](O)[C@H]2O)cc1. The Bertz CT molecular complexity index is 1470. The average molecular weight is 593 g/mol. The number of hydrogen-bond acceptors (Lipinski definition) is 14. The van der Waals surface area contributed by atoms with Crippen LogP contribution in [0.25, 0.3) is 22.3 Å². The topological polar surface area (TPSA) is 218 Å². The third-order valence-electron chi connectivity index (χ3n) is 7.36. The van der Waals surface area contributed by atoms with E-state index in [0.717, 1.165) is 6.07 Å². The van der Waals surface area contributed by atoms with Crippen LogP contribution in [-0.2, 0) is 9.47 Å². The number of phenols is 1. The number of rotatable bonds is 6. The molecular weight excluding hydrogens is 560 g/mol. The van der Waals surface area contributed by atoms with Gasteiger partial charge in [0.1, 0.15) is 64.8 Å². The van der Waals surface area contributed by atoms with Gasteiger partial charge in [-0.3, -0.25) is 4.79 Å². The van der Waals surface area contributed by atoms with Crippen molar-refractivity contribution in [1.82, 2.24) is 0 Å². The van der Waals surface area contributed by atoms with E-state index in [-0.39, 0.29) is 22.5 Å². The molecule has 1 aromatic heterocycles. The Kier molecular flexibility index (Phi) is 8.33. The van der Waals surface area contributed by atoms with Crippen molar-refractivity contribution < 1.29 is 63.8 Å². The van der Waals surface area contributed by atoms with E-state index < -0.39 is 78.3 Å². The van der Waals surface area contributed by atoms with Crippen molar-refractivity contribution in [2.75, 3.05) is 7.11 Å². The normalized spacial score (nSPS) is 33.4. The van der Waals surface area contributed by atoms with Gasteiger partial charge in [-0.05, 0) is 38.1 Å². The van der Waals surface area contributed by atoms with Gasteiger partial charge in [0.2, 0.25) is 23.8 Å². The van der Waals surface area contributed by atoms with E-state index in [4.69, 9.17) is 28.1 Å². The lowest BCUT2D eigenvalue weighted by atomic mass is 10.00. The van der Waals surface area contributed by atoms with Gasteiger partial charge in [-0.1, -0.05) is 0 Å². The van der Waals surface area contributed by atoms with Crippen molar-refractivity contribution in [2.45, 2.75) is 75.3 Å². The van der Waals surface area contributed by atoms with E-state index in [9.17, 15) is 40.5 Å². The minimum absolute atomic E-state index is 0.102. The number of benzene rings is 2. The number of aliphatic hydroxyl groups is 6. The summed E-state index contributed by atoms with van der Waals surface area (Å²) in [5.41, 5.74) is -0.705.